The van der Waals surface area contributed by atoms with Crippen molar-refractivity contribution in [1.29, 1.82) is 0 Å². The van der Waals surface area contributed by atoms with E-state index in [9.17, 15) is 4.79 Å². The Morgan fingerprint density at radius 1 is 1.21 bits per heavy atom. The highest BCUT2D eigenvalue weighted by molar-refractivity contribution is 7.20. The maximum Gasteiger partial charge on any atom is 0.266 e. The summed E-state index contributed by atoms with van der Waals surface area (Å²) in [5.74, 6) is 1.81. The third-order valence-electron chi connectivity index (χ3n) is 4.48. The van der Waals surface area contributed by atoms with Crippen LogP contribution in [0.5, 0.6) is 11.5 Å². The number of nitrogens with one attached hydrogen (secondary N) is 1. The van der Waals surface area contributed by atoms with Crippen LogP contribution in [0.3, 0.4) is 0 Å². The van der Waals surface area contributed by atoms with Crippen LogP contribution in [0.15, 0.2) is 18.2 Å². The minimum Gasteiger partial charge on any atom is -0.497 e. The molecule has 0 aliphatic heterocycles. The molecule has 1 amide bonds. The average Bonchev–Trinajstić information content (AvgIpc) is 2.99. The van der Waals surface area contributed by atoms with Gasteiger partial charge in [0, 0.05) is 17.1 Å². The first kappa shape index (κ1) is 20.1. The molecule has 0 aliphatic carbocycles. The van der Waals surface area contributed by atoms with Gasteiger partial charge in [-0.3, -0.25) is 4.79 Å². The molecule has 0 saturated heterocycles. The average molecular weight is 400 g/mol. The van der Waals surface area contributed by atoms with Gasteiger partial charge in [-0.05, 0) is 44.9 Å². The largest absolute Gasteiger partial charge is 0.497 e. The molecule has 3 aromatic rings. The molecule has 0 aliphatic rings. The standard InChI is InChI=1S/C21H25N3O3S/c1-6-7-10-27-17-9-8-15(26-5)11-16(17)24-20(25)19-12(2)18-13(3)22-14(4)23-21(18)28-19/h8-9,11H,6-7,10H2,1-5H3,(H,24,25). The number of aromatic nitrogens is 2. The monoisotopic (exact) mass is 399 g/mol. The third kappa shape index (κ3) is 4.09. The fourth-order valence-corrected chi connectivity index (χ4v) is 4.23. The Labute approximate surface area is 168 Å². The van der Waals surface area contributed by atoms with Gasteiger partial charge in [0.05, 0.1) is 24.3 Å². The maximum absolute atomic E-state index is 13.0. The fourth-order valence-electron chi connectivity index (χ4n) is 3.06. The van der Waals surface area contributed by atoms with Gasteiger partial charge < -0.3 is 14.8 Å². The number of hydrogen-bond acceptors (Lipinski definition) is 6. The zero-order valence-corrected chi connectivity index (χ0v) is 17.7. The van der Waals surface area contributed by atoms with Crippen LogP contribution in [0.25, 0.3) is 10.2 Å². The van der Waals surface area contributed by atoms with E-state index in [1.807, 2.05) is 32.9 Å². The van der Waals surface area contributed by atoms with E-state index in [4.69, 9.17) is 9.47 Å². The summed E-state index contributed by atoms with van der Waals surface area (Å²) in [5, 5.41) is 3.93. The first-order valence-corrected chi connectivity index (χ1v) is 10.1. The quantitative estimate of drug-likeness (QED) is 0.562. The normalized spacial score (nSPS) is 10.9. The van der Waals surface area contributed by atoms with E-state index in [1.165, 1.54) is 11.3 Å². The summed E-state index contributed by atoms with van der Waals surface area (Å²) in [5.41, 5.74) is 2.38. The molecular weight excluding hydrogens is 374 g/mol. The summed E-state index contributed by atoms with van der Waals surface area (Å²) < 4.78 is 11.1. The molecule has 1 aromatic carbocycles. The molecule has 28 heavy (non-hydrogen) atoms. The predicted molar refractivity (Wildman–Crippen MR) is 113 cm³/mol. The Morgan fingerprint density at radius 2 is 2.00 bits per heavy atom. The van der Waals surface area contributed by atoms with Gasteiger partial charge in [0.25, 0.3) is 5.91 Å². The molecule has 6 nitrogen and oxygen atoms in total. The lowest BCUT2D eigenvalue weighted by Gasteiger charge is -2.13. The SMILES string of the molecule is CCCCOc1ccc(OC)cc1NC(=O)c1sc2nc(C)nc(C)c2c1C. The molecular formula is C21H25N3O3S. The summed E-state index contributed by atoms with van der Waals surface area (Å²) in [4.78, 5) is 23.4. The zero-order valence-electron chi connectivity index (χ0n) is 16.9. The van der Waals surface area contributed by atoms with Crippen molar-refractivity contribution in [3.05, 3.63) is 40.2 Å². The number of thiophene rings is 1. The van der Waals surface area contributed by atoms with E-state index in [-0.39, 0.29) is 5.91 Å². The highest BCUT2D eigenvalue weighted by Gasteiger charge is 2.20. The van der Waals surface area contributed by atoms with Crippen LogP contribution in [-0.2, 0) is 0 Å². The number of unbranched alkanes of at least 4 members (excludes halogenated alkanes) is 1. The number of carbonyl (C=O) groups is 1. The van der Waals surface area contributed by atoms with Crippen LogP contribution in [-0.4, -0.2) is 29.6 Å². The van der Waals surface area contributed by atoms with Gasteiger partial charge in [-0.2, -0.15) is 0 Å². The Hall–Kier alpha value is -2.67. The number of carbonyl (C=O) groups excluding carboxylic acids is 1. The number of amides is 1. The highest BCUT2D eigenvalue weighted by atomic mass is 32.1. The Balaban J connectivity index is 1.93. The van der Waals surface area contributed by atoms with Crippen molar-refractivity contribution in [2.75, 3.05) is 19.0 Å². The second-order valence-electron chi connectivity index (χ2n) is 6.61. The maximum atomic E-state index is 13.0. The topological polar surface area (TPSA) is 73.3 Å². The summed E-state index contributed by atoms with van der Waals surface area (Å²) in [6.07, 6.45) is 1.99. The van der Waals surface area contributed by atoms with Crippen molar-refractivity contribution < 1.29 is 14.3 Å². The van der Waals surface area contributed by atoms with E-state index < -0.39 is 0 Å². The second-order valence-corrected chi connectivity index (χ2v) is 7.61. The van der Waals surface area contributed by atoms with Crippen molar-refractivity contribution in [2.24, 2.45) is 0 Å². The van der Waals surface area contributed by atoms with Crippen molar-refractivity contribution in [3.63, 3.8) is 0 Å². The smallest absolute Gasteiger partial charge is 0.266 e. The van der Waals surface area contributed by atoms with Crippen molar-refractivity contribution in [3.8, 4) is 11.5 Å². The van der Waals surface area contributed by atoms with Crippen molar-refractivity contribution in [1.82, 2.24) is 9.97 Å². The molecule has 0 radical (unpaired) electrons. The van der Waals surface area contributed by atoms with Gasteiger partial charge in [-0.1, -0.05) is 13.3 Å². The summed E-state index contributed by atoms with van der Waals surface area (Å²) in [6, 6.07) is 5.42. The number of fused-ring (bicyclic) bond motifs is 1. The number of aryl methyl sites for hydroxylation is 3. The lowest BCUT2D eigenvalue weighted by molar-refractivity contribution is 0.102. The molecule has 1 N–H and O–H groups in total. The van der Waals surface area contributed by atoms with E-state index in [2.05, 4.69) is 22.2 Å². The molecule has 0 bridgehead atoms. The first-order chi connectivity index (χ1) is 13.4. The molecule has 0 fully saturated rings. The van der Waals surface area contributed by atoms with E-state index >= 15 is 0 Å². The Kier molecular flexibility index (Phi) is 6.14. The van der Waals surface area contributed by atoms with Crippen LogP contribution < -0.4 is 14.8 Å². The Morgan fingerprint density at radius 3 is 2.71 bits per heavy atom. The first-order valence-electron chi connectivity index (χ1n) is 9.31. The minimum absolute atomic E-state index is 0.189. The number of nitrogens with zero attached hydrogens (tertiary/aromatic N) is 2. The van der Waals surface area contributed by atoms with Crippen molar-refractivity contribution >= 4 is 33.1 Å². The predicted octanol–water partition coefficient (Wildman–Crippen LogP) is 5.06. The van der Waals surface area contributed by atoms with Crippen LogP contribution >= 0.6 is 11.3 Å². The van der Waals surface area contributed by atoms with Crippen LogP contribution in [0.2, 0.25) is 0 Å². The van der Waals surface area contributed by atoms with Gasteiger partial charge in [0.15, 0.2) is 0 Å². The van der Waals surface area contributed by atoms with Gasteiger partial charge in [0.2, 0.25) is 0 Å². The second kappa shape index (κ2) is 8.56. The van der Waals surface area contributed by atoms with Gasteiger partial charge in [-0.15, -0.1) is 11.3 Å². The number of methoxy groups -OCH3 is 1. The molecule has 0 atom stereocenters. The number of anilines is 1. The molecule has 7 heteroatoms. The summed E-state index contributed by atoms with van der Waals surface area (Å²) in [7, 11) is 1.60. The number of benzene rings is 1. The molecule has 0 unspecified atom stereocenters. The lowest BCUT2D eigenvalue weighted by Crippen LogP contribution is -2.13. The molecule has 2 heterocycles. The van der Waals surface area contributed by atoms with Crippen LogP contribution in [0, 0.1) is 20.8 Å². The van der Waals surface area contributed by atoms with Crippen LogP contribution in [0.4, 0.5) is 5.69 Å². The summed E-state index contributed by atoms with van der Waals surface area (Å²) in [6.45, 7) is 8.44. The fraction of sp³-hybridized carbons (Fsp3) is 0.381. The van der Waals surface area contributed by atoms with E-state index in [1.54, 1.807) is 13.2 Å². The highest BCUT2D eigenvalue weighted by Crippen LogP contribution is 2.34. The molecule has 148 valence electrons. The minimum atomic E-state index is -0.189. The Bertz CT molecular complexity index is 1010. The van der Waals surface area contributed by atoms with Crippen LogP contribution in [0.1, 0.15) is 46.5 Å². The van der Waals surface area contributed by atoms with Crippen molar-refractivity contribution in [2.45, 2.75) is 40.5 Å². The van der Waals surface area contributed by atoms with Gasteiger partial charge >= 0.3 is 0 Å². The number of ether oxygens (including phenoxy) is 2. The number of hydrogen-bond donors (Lipinski definition) is 1. The van der Waals surface area contributed by atoms with Gasteiger partial charge in [0.1, 0.15) is 22.2 Å². The number of rotatable bonds is 7. The summed E-state index contributed by atoms with van der Waals surface area (Å²) >= 11 is 1.38. The van der Waals surface area contributed by atoms with Gasteiger partial charge in [-0.25, -0.2) is 9.97 Å². The van der Waals surface area contributed by atoms with E-state index in [0.717, 1.165) is 34.3 Å². The molecule has 3 rings (SSSR count). The molecule has 0 saturated carbocycles. The third-order valence-corrected chi connectivity index (χ3v) is 5.66. The zero-order chi connectivity index (χ0) is 20.3. The van der Waals surface area contributed by atoms with E-state index in [0.29, 0.717) is 34.5 Å². The molecule has 0 spiro atoms. The molecule has 2 aromatic heterocycles. The lowest BCUT2D eigenvalue weighted by atomic mass is 10.1.